The van der Waals surface area contributed by atoms with Gasteiger partial charge in [0.1, 0.15) is 5.75 Å². The highest BCUT2D eigenvalue weighted by molar-refractivity contribution is 5.38. The lowest BCUT2D eigenvalue weighted by molar-refractivity contribution is -0.453. The Morgan fingerprint density at radius 2 is 1.03 bits per heavy atom. The number of para-hydroxylation sites is 1. The predicted octanol–water partition coefficient (Wildman–Crippen LogP) is 6.67. The Kier molecular flexibility index (Phi) is 7.28. The first-order valence-corrected chi connectivity index (χ1v) is 8.46. The number of alkyl halides is 15. The molecule has 0 saturated carbocycles. The van der Waals surface area contributed by atoms with E-state index >= 15 is 0 Å². The number of benzene rings is 1. The molecule has 0 saturated heterocycles. The van der Waals surface area contributed by atoms with Crippen molar-refractivity contribution < 1.29 is 75.7 Å². The van der Waals surface area contributed by atoms with Crippen LogP contribution in [0.2, 0.25) is 0 Å². The summed E-state index contributed by atoms with van der Waals surface area (Å²) < 4.78 is 204. The largest absolute Gasteiger partial charge is 0.496 e. The van der Waals surface area contributed by atoms with Gasteiger partial charge in [0.2, 0.25) is 0 Å². The third-order valence-electron chi connectivity index (χ3n) is 4.65. The van der Waals surface area contributed by atoms with Crippen LogP contribution in [0.15, 0.2) is 24.3 Å². The standard InChI is InChI=1S/C17H13F15O2/c1-10(33,8-5-3-4-6-9(8)34-2)7-11(18,19)12(20,21)13(22,23)14(24,25)15(26,27)16(28,29)17(30,31)32/h3-6,33H,7H2,1-2H3. The third-order valence-corrected chi connectivity index (χ3v) is 4.65. The summed E-state index contributed by atoms with van der Waals surface area (Å²) in [5, 5.41) is 10.1. The number of hydrogen-bond acceptors (Lipinski definition) is 2. The van der Waals surface area contributed by atoms with Crippen LogP contribution >= 0.6 is 0 Å². The maximum absolute atomic E-state index is 14.1. The lowest BCUT2D eigenvalue weighted by Crippen LogP contribution is -2.72. The van der Waals surface area contributed by atoms with E-state index in [0.29, 0.717) is 0 Å². The Hall–Kier alpha value is -2.07. The summed E-state index contributed by atoms with van der Waals surface area (Å²) in [5.41, 5.74) is -4.14. The monoisotopic (exact) mass is 534 g/mol. The van der Waals surface area contributed by atoms with Crippen LogP contribution in [-0.2, 0) is 5.60 Å². The van der Waals surface area contributed by atoms with E-state index in [4.69, 9.17) is 0 Å². The zero-order valence-corrected chi connectivity index (χ0v) is 16.5. The summed E-state index contributed by atoms with van der Waals surface area (Å²) in [4.78, 5) is 0. The van der Waals surface area contributed by atoms with E-state index in [0.717, 1.165) is 31.4 Å². The number of rotatable bonds is 9. The zero-order chi connectivity index (χ0) is 27.4. The van der Waals surface area contributed by atoms with Gasteiger partial charge >= 0.3 is 41.7 Å². The van der Waals surface area contributed by atoms with E-state index in [2.05, 4.69) is 4.74 Å². The predicted molar refractivity (Wildman–Crippen MR) is 82.9 cm³/mol. The normalized spacial score (nSPS) is 16.9. The molecule has 17 heteroatoms. The van der Waals surface area contributed by atoms with Crippen molar-refractivity contribution in [3.05, 3.63) is 29.8 Å². The molecule has 2 nitrogen and oxygen atoms in total. The molecule has 1 aromatic rings. The van der Waals surface area contributed by atoms with Gasteiger partial charge in [0.05, 0.1) is 19.1 Å². The molecule has 0 aliphatic heterocycles. The van der Waals surface area contributed by atoms with Crippen molar-refractivity contribution in [3.63, 3.8) is 0 Å². The molecule has 0 fully saturated rings. The van der Waals surface area contributed by atoms with Crippen LogP contribution < -0.4 is 4.74 Å². The second-order valence-electron chi connectivity index (χ2n) is 7.23. The summed E-state index contributed by atoms with van der Waals surface area (Å²) >= 11 is 0. The molecule has 1 unspecified atom stereocenters. The molecular weight excluding hydrogens is 521 g/mol. The second-order valence-corrected chi connectivity index (χ2v) is 7.23. The molecule has 0 radical (unpaired) electrons. The third kappa shape index (κ3) is 4.23. The molecule has 0 spiro atoms. The molecule has 0 amide bonds. The van der Waals surface area contributed by atoms with Crippen LogP contribution in [0.5, 0.6) is 5.75 Å². The van der Waals surface area contributed by atoms with Crippen molar-refractivity contribution in [1.29, 1.82) is 0 Å². The summed E-state index contributed by atoms with van der Waals surface area (Å²) in [6.45, 7) is 0.275. The summed E-state index contributed by atoms with van der Waals surface area (Å²) in [6.07, 6.45) is -10.6. The molecule has 1 atom stereocenters. The highest BCUT2D eigenvalue weighted by atomic mass is 19.4. The molecule has 1 aromatic carbocycles. The van der Waals surface area contributed by atoms with E-state index in [1.54, 1.807) is 0 Å². The first-order valence-electron chi connectivity index (χ1n) is 8.46. The van der Waals surface area contributed by atoms with Gasteiger partial charge in [-0.25, -0.2) is 0 Å². The summed E-state index contributed by atoms with van der Waals surface area (Å²) in [6, 6.07) is 3.83. The van der Waals surface area contributed by atoms with Crippen LogP contribution in [-0.4, -0.2) is 53.9 Å². The fourth-order valence-corrected chi connectivity index (χ4v) is 2.73. The van der Waals surface area contributed by atoms with Gasteiger partial charge in [-0.2, -0.15) is 65.9 Å². The molecule has 34 heavy (non-hydrogen) atoms. The maximum atomic E-state index is 14.1. The van der Waals surface area contributed by atoms with Crippen LogP contribution in [0.4, 0.5) is 65.9 Å². The van der Waals surface area contributed by atoms with Gasteiger partial charge in [0.15, 0.2) is 0 Å². The first kappa shape index (κ1) is 30.0. The number of hydrogen-bond donors (Lipinski definition) is 1. The lowest BCUT2D eigenvalue weighted by Gasteiger charge is -2.42. The average Bonchev–Trinajstić information content (AvgIpc) is 2.65. The second kappa shape index (κ2) is 8.26. The number of ether oxygens (including phenoxy) is 1. The minimum absolute atomic E-state index is 0.275. The van der Waals surface area contributed by atoms with E-state index in [1.165, 1.54) is 0 Å². The minimum Gasteiger partial charge on any atom is -0.496 e. The molecule has 1 rings (SSSR count). The molecule has 0 aromatic heterocycles. The molecule has 0 bridgehead atoms. The zero-order valence-electron chi connectivity index (χ0n) is 16.5. The van der Waals surface area contributed by atoms with Gasteiger partial charge in [-0.15, -0.1) is 0 Å². The fourth-order valence-electron chi connectivity index (χ4n) is 2.73. The van der Waals surface area contributed by atoms with Gasteiger partial charge < -0.3 is 9.84 Å². The topological polar surface area (TPSA) is 29.5 Å². The summed E-state index contributed by atoms with van der Waals surface area (Å²) in [5.74, 6) is -47.7. The molecular formula is C17H13F15O2. The number of halogens is 15. The number of aliphatic hydroxyl groups is 1. The smallest absolute Gasteiger partial charge is 0.460 e. The molecule has 0 aliphatic carbocycles. The summed E-state index contributed by atoms with van der Waals surface area (Å²) in [7, 11) is 0.874. The van der Waals surface area contributed by atoms with E-state index in [1.807, 2.05) is 0 Å². The van der Waals surface area contributed by atoms with Crippen molar-refractivity contribution in [2.24, 2.45) is 0 Å². The highest BCUT2D eigenvalue weighted by Crippen LogP contribution is 2.63. The maximum Gasteiger partial charge on any atom is 0.460 e. The Balaban J connectivity index is 3.57. The van der Waals surface area contributed by atoms with Crippen molar-refractivity contribution in [2.45, 2.75) is 60.7 Å². The molecule has 0 aliphatic rings. The van der Waals surface area contributed by atoms with Crippen molar-refractivity contribution >= 4 is 0 Å². The van der Waals surface area contributed by atoms with Gasteiger partial charge in [0, 0.05) is 5.56 Å². The van der Waals surface area contributed by atoms with E-state index in [9.17, 15) is 71.0 Å². The van der Waals surface area contributed by atoms with Gasteiger partial charge in [-0.1, -0.05) is 18.2 Å². The van der Waals surface area contributed by atoms with Gasteiger partial charge in [0.25, 0.3) is 0 Å². The van der Waals surface area contributed by atoms with Crippen LogP contribution in [0.1, 0.15) is 18.9 Å². The lowest BCUT2D eigenvalue weighted by atomic mass is 9.83. The Morgan fingerprint density at radius 1 is 0.647 bits per heavy atom. The van der Waals surface area contributed by atoms with Crippen LogP contribution in [0, 0.1) is 0 Å². The van der Waals surface area contributed by atoms with Crippen molar-refractivity contribution in [3.8, 4) is 5.75 Å². The van der Waals surface area contributed by atoms with Gasteiger partial charge in [-0.05, 0) is 13.0 Å². The molecule has 198 valence electrons. The Morgan fingerprint density at radius 3 is 1.44 bits per heavy atom. The quantitative estimate of drug-likeness (QED) is 0.359. The fraction of sp³-hybridized carbons (Fsp3) is 0.647. The minimum atomic E-state index is -8.37. The van der Waals surface area contributed by atoms with Crippen LogP contribution in [0.25, 0.3) is 0 Å². The van der Waals surface area contributed by atoms with E-state index < -0.39 is 65.0 Å². The first-order chi connectivity index (χ1) is 14.8. The van der Waals surface area contributed by atoms with Crippen LogP contribution in [0.3, 0.4) is 0 Å². The highest BCUT2D eigenvalue weighted by Gasteiger charge is 2.93. The molecule has 1 N–H and O–H groups in total. The Labute approximate surface area is 180 Å². The molecule has 0 heterocycles. The Bertz CT molecular complexity index is 874. The van der Waals surface area contributed by atoms with Crippen molar-refractivity contribution in [2.75, 3.05) is 7.11 Å². The SMILES string of the molecule is COc1ccccc1C(C)(O)CC(F)(F)C(F)(F)C(F)(F)C(F)(F)C(F)(F)C(F)(F)C(F)(F)F. The van der Waals surface area contributed by atoms with Gasteiger partial charge in [-0.3, -0.25) is 0 Å². The van der Waals surface area contributed by atoms with Crippen molar-refractivity contribution in [1.82, 2.24) is 0 Å². The van der Waals surface area contributed by atoms with E-state index in [-0.39, 0.29) is 6.92 Å². The average molecular weight is 534 g/mol. The number of methoxy groups -OCH3 is 1.